The first-order valence-corrected chi connectivity index (χ1v) is 42.4. The molecule has 4 unspecified atom stereocenters. The summed E-state index contributed by atoms with van der Waals surface area (Å²) in [6.45, 7) is -2.62. The summed E-state index contributed by atoms with van der Waals surface area (Å²) < 4.78 is 297. The molecule has 12 N–H and O–H groups in total. The molecule has 0 radical (unpaired) electrons. The van der Waals surface area contributed by atoms with E-state index in [9.17, 15) is 95.9 Å². The molecule has 0 saturated carbocycles. The minimum Gasteiger partial charge on any atom is -0.404 e. The first-order valence-electron chi connectivity index (χ1n) is 38.3. The zero-order valence-electron chi connectivity index (χ0n) is 69.2. The van der Waals surface area contributed by atoms with Gasteiger partial charge in [0.05, 0.1) is 34.7 Å². The quantitative estimate of drug-likeness (QED) is 0.0254. The molecule has 3 aromatic heterocycles. The lowest BCUT2D eigenvalue weighted by Gasteiger charge is -2.34. The van der Waals surface area contributed by atoms with Crippen molar-refractivity contribution in [1.82, 2.24) is 38.9 Å². The highest BCUT2D eigenvalue weighted by Crippen LogP contribution is 2.60. The standard InChI is InChI=1S/C18H19F2N2O8P.3C17H17F2N2O8PS/c1-9-6-22(10(2)21-16(9)25)17-14(23)15(24)18(20,29-17)8-28-31(26)27-7-11-5-12(19)3-4-13(11)30-31;3*1-8-5-21(16(31)20-14(8)24)15-12(22)13(23)17(19,28-15)7-27-30(25)26-6-9-4-10(18)2-3-11(9)29-30/h3-6,14-15,17,23-24H,2,7-8H2,1H3,(H,21,25);3*2-5,12-13,15,22-23H,6-7H2,1H3,(H,20,24,31)/t14-,15+,17-,18-,31?;3*12-,13+,15-,17-,30?/m1111/s1/i8D2,17D;15D;7D2;. The number of benzene rings is 4. The maximum atomic E-state index is 15.9. The zero-order chi connectivity index (χ0) is 95.6. The van der Waals surface area contributed by atoms with Crippen molar-refractivity contribution in [2.75, 3.05) is 26.3 Å². The van der Waals surface area contributed by atoms with Gasteiger partial charge in [-0.2, -0.15) is 0 Å². The molecule has 9 aliphatic heterocycles. The lowest BCUT2D eigenvalue weighted by Crippen LogP contribution is -2.47. The molecule has 0 spiro atoms. The van der Waals surface area contributed by atoms with Crippen LogP contribution in [0.2, 0.25) is 0 Å². The Labute approximate surface area is 714 Å². The molecule has 40 nitrogen and oxygen atoms in total. The normalized spacial score (nSPS) is 35.3. The van der Waals surface area contributed by atoms with Crippen LogP contribution >= 0.6 is 67.9 Å². The highest BCUT2D eigenvalue weighted by atomic mass is 32.1. The average Bonchev–Trinajstić information content (AvgIpc) is 1.56. The number of aromatic nitrogens is 6. The number of amides is 1. The zero-order valence-corrected chi connectivity index (χ0v) is 69.2. The number of nitrogens with zero attached hydrogens (tertiary/aromatic N) is 4. The van der Waals surface area contributed by atoms with E-state index in [4.69, 9.17) is 114 Å². The van der Waals surface area contributed by atoms with Crippen LogP contribution in [-0.2, 0) is 105 Å². The Morgan fingerprint density at radius 3 is 1.15 bits per heavy atom. The van der Waals surface area contributed by atoms with E-state index < -0.39 is 214 Å². The minimum atomic E-state index is -4.90. The smallest absolute Gasteiger partial charge is 0.404 e. The molecule has 20 atom stereocenters. The highest BCUT2D eigenvalue weighted by Gasteiger charge is 2.62. The summed E-state index contributed by atoms with van der Waals surface area (Å²) in [6.07, 6.45) is -22.8. The van der Waals surface area contributed by atoms with Gasteiger partial charge in [-0.25, -0.2) is 53.4 Å². The van der Waals surface area contributed by atoms with E-state index in [1.807, 2.05) is 0 Å². The fourth-order valence-electron chi connectivity index (χ4n) is 12.0. The van der Waals surface area contributed by atoms with Crippen LogP contribution in [0.25, 0.3) is 0 Å². The van der Waals surface area contributed by atoms with Gasteiger partial charge in [-0.05, 0) is 137 Å². The Morgan fingerprint density at radius 1 is 0.468 bits per heavy atom. The molecule has 4 saturated heterocycles. The highest BCUT2D eigenvalue weighted by molar-refractivity contribution is 7.71. The molecule has 9 aliphatic rings. The van der Waals surface area contributed by atoms with E-state index in [-0.39, 0.29) is 101 Å². The number of rotatable bonds is 16. The van der Waals surface area contributed by atoms with E-state index in [2.05, 4.69) is 31.4 Å². The van der Waals surface area contributed by atoms with Crippen molar-refractivity contribution in [3.63, 3.8) is 0 Å². The largest absolute Gasteiger partial charge is 0.530 e. The topological polar surface area (TPSA) is 524 Å². The van der Waals surface area contributed by atoms with E-state index in [0.717, 1.165) is 93.0 Å². The van der Waals surface area contributed by atoms with Gasteiger partial charge in [0.2, 0.25) is 0 Å². The van der Waals surface area contributed by atoms with Crippen LogP contribution in [0.1, 0.15) is 72.8 Å². The average molecular weight is 1900 g/mol. The number of nitrogens with one attached hydrogen (secondary N) is 4. The van der Waals surface area contributed by atoms with E-state index in [1.165, 1.54) is 46.0 Å². The first-order chi connectivity index (χ1) is 60.3. The molecule has 16 rings (SSSR count). The van der Waals surface area contributed by atoms with Gasteiger partial charge in [0.1, 0.15) is 127 Å². The van der Waals surface area contributed by atoms with Gasteiger partial charge < -0.3 is 88.1 Å². The van der Waals surface area contributed by atoms with Crippen molar-refractivity contribution >= 4 is 73.9 Å². The number of H-pyrrole nitrogens is 3. The van der Waals surface area contributed by atoms with Crippen molar-refractivity contribution < 1.29 is 180 Å². The number of halogens is 8. The molecular weight excluding hydrogens is 1820 g/mol. The number of phosphoric acid groups is 4. The number of aryl methyl sites for hydroxylation is 3. The monoisotopic (exact) mass is 1900 g/mol. The number of fused-ring (bicyclic) bond motifs is 4. The van der Waals surface area contributed by atoms with Crippen LogP contribution in [0.4, 0.5) is 35.1 Å². The van der Waals surface area contributed by atoms with E-state index in [1.54, 1.807) is 0 Å². The van der Waals surface area contributed by atoms with Gasteiger partial charge in [0.15, 0.2) is 39.2 Å². The third-order valence-corrected chi connectivity index (χ3v) is 24.6. The summed E-state index contributed by atoms with van der Waals surface area (Å²) in [5.74, 6) is -17.7. The molecule has 1 amide bonds. The predicted octanol–water partition coefficient (Wildman–Crippen LogP) is 7.42. The Balaban J connectivity index is 0.000000148. The van der Waals surface area contributed by atoms with Crippen molar-refractivity contribution in [2.24, 2.45) is 0 Å². The Morgan fingerprint density at radius 2 is 0.766 bits per heavy atom. The molecule has 4 fully saturated rings. The van der Waals surface area contributed by atoms with Crippen LogP contribution in [0.5, 0.6) is 23.0 Å². The Bertz CT molecular complexity index is 6350. The van der Waals surface area contributed by atoms with Crippen LogP contribution in [0.3, 0.4) is 0 Å². The molecule has 4 aromatic carbocycles. The number of carbonyl (C=O) groups excluding carboxylic acids is 1. The molecule has 55 heteroatoms. The summed E-state index contributed by atoms with van der Waals surface area (Å²) in [4.78, 5) is 54.3. The second kappa shape index (κ2) is 35.7. The lowest BCUT2D eigenvalue weighted by molar-refractivity contribution is -0.208. The van der Waals surface area contributed by atoms with Crippen LogP contribution in [0, 0.1) is 58.4 Å². The number of ether oxygens (including phenoxy) is 4. The maximum Gasteiger partial charge on any atom is 0.530 e. The predicted molar refractivity (Wildman–Crippen MR) is 405 cm³/mol. The molecule has 0 bridgehead atoms. The van der Waals surface area contributed by atoms with Gasteiger partial charge >= 0.3 is 31.3 Å². The molecule has 672 valence electrons. The third-order valence-electron chi connectivity index (χ3n) is 18.7. The van der Waals surface area contributed by atoms with Crippen molar-refractivity contribution in [1.29, 1.82) is 0 Å². The Kier molecular flexibility index (Phi) is 24.5. The maximum absolute atomic E-state index is 15.9. The summed E-state index contributed by atoms with van der Waals surface area (Å²) in [5, 5.41) is 84.8. The van der Waals surface area contributed by atoms with Crippen LogP contribution < -0.4 is 40.1 Å². The fraction of sp³-hybridized carbons (Fsp3) is 0.406. The number of aromatic amines is 3. The van der Waals surface area contributed by atoms with Gasteiger partial charge in [-0.3, -0.25) is 84.0 Å². The number of aliphatic hydroxyl groups is 8. The number of aliphatic hydroxyl groups excluding tert-OH is 8. The van der Waals surface area contributed by atoms with E-state index >= 15 is 17.6 Å². The molecule has 0 aliphatic carbocycles. The SMILES string of the molecule is Cc1cn([C@@H]2O[C@](F)(COP3(=O)OCc4cc(F)ccc4O3)[C@@H](O)[C@H]2O)c(=S)[nH]c1=O.[2H]C([2H])(OP1(=O)OCc2cc(F)ccc2O1)[C@@]1(F)O[C@@H](n2cc(C)c(=O)[nH]c2=S)[C@H](O)[C@@H]1O.[2H]C([2H])(OP1(=O)OCc2cc(F)ccc2O1)[C@@]1(F)O[C@@]([2H])(N2C=C(C)C(=O)NC2=C)[C@H](O)[C@@H]1O.[2H][C@@]1(n2cc(C)c(=O)[nH]c2=S)O[C@](F)(COP2(=O)OCc3cc(F)ccc3O2)[C@@H](O)[C@H]1O. The number of alkyl halides is 4. The molecular formula is C69H70F8N8O32P4S3. The number of carbonyl (C=O) groups is 1. The van der Waals surface area contributed by atoms with Gasteiger partial charge in [-0.15, -0.1) is 0 Å². The van der Waals surface area contributed by atoms with E-state index in [0.29, 0.717) is 4.90 Å². The second-order valence-electron chi connectivity index (χ2n) is 27.6. The summed E-state index contributed by atoms with van der Waals surface area (Å²) >= 11 is 14.9. The minimum absolute atomic E-state index is 0.00322. The lowest BCUT2D eigenvalue weighted by atomic mass is 10.1. The molecule has 12 heterocycles. The second-order valence-corrected chi connectivity index (χ2v) is 35.0. The van der Waals surface area contributed by atoms with Crippen molar-refractivity contribution in [2.45, 2.75) is 151 Å². The van der Waals surface area contributed by atoms with Crippen molar-refractivity contribution in [3.05, 3.63) is 223 Å². The summed E-state index contributed by atoms with van der Waals surface area (Å²) in [7, 11) is -18.5. The first kappa shape index (κ1) is 85.1. The molecule has 7 aromatic rings. The van der Waals surface area contributed by atoms with Gasteiger partial charge in [0.25, 0.3) is 46.0 Å². The number of hydrogen-bond donors (Lipinski definition) is 12. The number of phosphoric ester groups is 4. The van der Waals surface area contributed by atoms with Gasteiger partial charge in [-0.1, -0.05) is 6.58 Å². The Hall–Kier alpha value is -8.31. The third kappa shape index (κ3) is 19.6. The van der Waals surface area contributed by atoms with Crippen LogP contribution in [-0.4, -0.2) is 185 Å². The number of hydrogen-bond acceptors (Lipinski definition) is 36. The summed E-state index contributed by atoms with van der Waals surface area (Å²) in [6, 6.07) is 12.9. The van der Waals surface area contributed by atoms with Crippen LogP contribution in [0.15, 0.2) is 130 Å². The molecule has 124 heavy (non-hydrogen) atoms. The summed E-state index contributed by atoms with van der Waals surface area (Å²) in [5.41, 5.74) is -0.419. The van der Waals surface area contributed by atoms with Crippen molar-refractivity contribution in [3.8, 4) is 23.0 Å². The fourth-order valence-corrected chi connectivity index (χ4v) is 17.4. The van der Waals surface area contributed by atoms with Gasteiger partial charge in [0, 0.05) is 69.3 Å².